The standard InChI is InChI=1S/C21H20N2O2/c1-14-7-2-3-9-16(14)13-19(20(22)24)23-21(25)18-12-6-10-15-8-4-5-11-17(15)18/h2-12,19H,13H2,1H3,(H2,22,24)(H,23,25)/t19-/m1/s1. The van der Waals surface area contributed by atoms with Gasteiger partial charge in [-0.3, -0.25) is 9.59 Å². The van der Waals surface area contributed by atoms with Crippen LogP contribution in [-0.4, -0.2) is 17.9 Å². The van der Waals surface area contributed by atoms with Crippen LogP contribution in [0.2, 0.25) is 0 Å². The van der Waals surface area contributed by atoms with Crippen LogP contribution in [0.1, 0.15) is 21.5 Å². The van der Waals surface area contributed by atoms with Crippen molar-refractivity contribution < 1.29 is 9.59 Å². The van der Waals surface area contributed by atoms with E-state index in [4.69, 9.17) is 5.73 Å². The molecule has 0 saturated carbocycles. The van der Waals surface area contributed by atoms with Crippen LogP contribution in [0.15, 0.2) is 66.7 Å². The van der Waals surface area contributed by atoms with Crippen molar-refractivity contribution in [3.05, 3.63) is 83.4 Å². The number of fused-ring (bicyclic) bond motifs is 1. The number of rotatable bonds is 5. The van der Waals surface area contributed by atoms with Gasteiger partial charge in [0.1, 0.15) is 6.04 Å². The summed E-state index contributed by atoms with van der Waals surface area (Å²) >= 11 is 0. The third kappa shape index (κ3) is 3.69. The minimum absolute atomic E-state index is 0.297. The minimum atomic E-state index is -0.757. The van der Waals surface area contributed by atoms with E-state index in [-0.39, 0.29) is 5.91 Å². The molecule has 0 aromatic heterocycles. The molecule has 3 aromatic rings. The maximum Gasteiger partial charge on any atom is 0.252 e. The lowest BCUT2D eigenvalue weighted by atomic mass is 9.99. The SMILES string of the molecule is Cc1ccccc1C[C@@H](NC(=O)c1cccc2ccccc12)C(N)=O. The largest absolute Gasteiger partial charge is 0.368 e. The van der Waals surface area contributed by atoms with E-state index in [9.17, 15) is 9.59 Å². The Morgan fingerprint density at radius 1 is 0.960 bits per heavy atom. The lowest BCUT2D eigenvalue weighted by molar-refractivity contribution is -0.119. The number of amides is 2. The lowest BCUT2D eigenvalue weighted by Crippen LogP contribution is -2.46. The fourth-order valence-corrected chi connectivity index (χ4v) is 2.94. The van der Waals surface area contributed by atoms with Gasteiger partial charge in [0.05, 0.1) is 0 Å². The zero-order valence-corrected chi connectivity index (χ0v) is 14.0. The van der Waals surface area contributed by atoms with Gasteiger partial charge in [0.25, 0.3) is 5.91 Å². The third-order valence-corrected chi connectivity index (χ3v) is 4.37. The molecule has 3 rings (SSSR count). The minimum Gasteiger partial charge on any atom is -0.368 e. The van der Waals surface area contributed by atoms with Crippen LogP contribution in [0.3, 0.4) is 0 Å². The van der Waals surface area contributed by atoms with Crippen LogP contribution >= 0.6 is 0 Å². The summed E-state index contributed by atoms with van der Waals surface area (Å²) in [5.74, 6) is -0.842. The molecule has 0 spiro atoms. The second-order valence-corrected chi connectivity index (χ2v) is 6.09. The number of carbonyl (C=O) groups is 2. The summed E-state index contributed by atoms with van der Waals surface area (Å²) in [6.45, 7) is 1.97. The average Bonchev–Trinajstić information content (AvgIpc) is 2.62. The highest BCUT2D eigenvalue weighted by molar-refractivity contribution is 6.08. The monoisotopic (exact) mass is 332 g/mol. The number of aryl methyl sites for hydroxylation is 1. The second kappa shape index (κ2) is 7.18. The smallest absolute Gasteiger partial charge is 0.252 e. The molecule has 0 aliphatic rings. The van der Waals surface area contributed by atoms with Gasteiger partial charge in [-0.1, -0.05) is 60.7 Å². The molecule has 25 heavy (non-hydrogen) atoms. The van der Waals surface area contributed by atoms with E-state index in [1.807, 2.05) is 67.6 Å². The van der Waals surface area contributed by atoms with Gasteiger partial charge >= 0.3 is 0 Å². The Kier molecular flexibility index (Phi) is 4.80. The molecule has 0 aliphatic heterocycles. The van der Waals surface area contributed by atoms with Crippen LogP contribution in [0.4, 0.5) is 0 Å². The molecule has 2 amide bonds. The lowest BCUT2D eigenvalue weighted by Gasteiger charge is -2.17. The zero-order valence-electron chi connectivity index (χ0n) is 14.0. The summed E-state index contributed by atoms with van der Waals surface area (Å²) < 4.78 is 0. The number of hydrogen-bond donors (Lipinski definition) is 2. The molecule has 4 heteroatoms. The molecule has 126 valence electrons. The summed E-state index contributed by atoms with van der Waals surface area (Å²) in [4.78, 5) is 24.6. The molecule has 0 bridgehead atoms. The van der Waals surface area contributed by atoms with Crippen LogP contribution in [0, 0.1) is 6.92 Å². The van der Waals surface area contributed by atoms with E-state index in [2.05, 4.69) is 5.32 Å². The van der Waals surface area contributed by atoms with Gasteiger partial charge in [0.2, 0.25) is 5.91 Å². The van der Waals surface area contributed by atoms with Crippen molar-refractivity contribution >= 4 is 22.6 Å². The quantitative estimate of drug-likeness (QED) is 0.754. The fraction of sp³-hybridized carbons (Fsp3) is 0.143. The summed E-state index contributed by atoms with van der Waals surface area (Å²) in [7, 11) is 0. The van der Waals surface area contributed by atoms with Crippen molar-refractivity contribution in [3.63, 3.8) is 0 Å². The highest BCUT2D eigenvalue weighted by Crippen LogP contribution is 2.19. The predicted molar refractivity (Wildman–Crippen MR) is 99.3 cm³/mol. The molecular weight excluding hydrogens is 312 g/mol. The van der Waals surface area contributed by atoms with Crippen LogP contribution < -0.4 is 11.1 Å². The Balaban J connectivity index is 1.86. The topological polar surface area (TPSA) is 72.2 Å². The molecule has 3 aromatic carbocycles. The van der Waals surface area contributed by atoms with Gasteiger partial charge < -0.3 is 11.1 Å². The molecule has 0 aliphatic carbocycles. The first-order valence-corrected chi connectivity index (χ1v) is 8.18. The first-order valence-electron chi connectivity index (χ1n) is 8.18. The molecule has 0 saturated heterocycles. The first kappa shape index (κ1) is 16.7. The van der Waals surface area contributed by atoms with Gasteiger partial charge in [0.15, 0.2) is 0 Å². The van der Waals surface area contributed by atoms with E-state index >= 15 is 0 Å². The van der Waals surface area contributed by atoms with E-state index in [0.717, 1.165) is 21.9 Å². The summed E-state index contributed by atoms with van der Waals surface area (Å²) in [6, 6.07) is 20.2. The third-order valence-electron chi connectivity index (χ3n) is 4.37. The van der Waals surface area contributed by atoms with Gasteiger partial charge in [-0.2, -0.15) is 0 Å². The van der Waals surface area contributed by atoms with Crippen molar-refractivity contribution in [2.24, 2.45) is 5.73 Å². The molecular formula is C21H20N2O2. The Hall–Kier alpha value is -3.14. The van der Waals surface area contributed by atoms with E-state index < -0.39 is 11.9 Å². The van der Waals surface area contributed by atoms with E-state index in [1.165, 1.54) is 0 Å². The van der Waals surface area contributed by atoms with Crippen LogP contribution in [0.5, 0.6) is 0 Å². The van der Waals surface area contributed by atoms with Crippen LogP contribution in [-0.2, 0) is 11.2 Å². The van der Waals surface area contributed by atoms with Crippen molar-refractivity contribution in [3.8, 4) is 0 Å². The Bertz CT molecular complexity index is 929. The van der Waals surface area contributed by atoms with Gasteiger partial charge in [-0.05, 0) is 34.9 Å². The van der Waals surface area contributed by atoms with Crippen molar-refractivity contribution in [2.75, 3.05) is 0 Å². The number of nitrogens with two attached hydrogens (primary N) is 1. The molecule has 4 nitrogen and oxygen atoms in total. The van der Waals surface area contributed by atoms with Gasteiger partial charge in [-0.15, -0.1) is 0 Å². The summed E-state index contributed by atoms with van der Waals surface area (Å²) in [6.07, 6.45) is 0.374. The maximum atomic E-state index is 12.7. The number of primary amides is 1. The predicted octanol–water partition coefficient (Wildman–Crippen LogP) is 2.97. The highest BCUT2D eigenvalue weighted by atomic mass is 16.2. The van der Waals surface area contributed by atoms with Crippen LogP contribution in [0.25, 0.3) is 10.8 Å². The van der Waals surface area contributed by atoms with E-state index in [1.54, 1.807) is 6.07 Å². The molecule has 0 unspecified atom stereocenters. The van der Waals surface area contributed by atoms with Crippen molar-refractivity contribution in [2.45, 2.75) is 19.4 Å². The molecule has 0 heterocycles. The van der Waals surface area contributed by atoms with Crippen molar-refractivity contribution in [1.29, 1.82) is 0 Å². The fourth-order valence-electron chi connectivity index (χ4n) is 2.94. The van der Waals surface area contributed by atoms with Crippen molar-refractivity contribution in [1.82, 2.24) is 5.32 Å². The van der Waals surface area contributed by atoms with Gasteiger partial charge in [-0.25, -0.2) is 0 Å². The summed E-state index contributed by atoms with van der Waals surface area (Å²) in [5.41, 5.74) is 8.11. The number of nitrogens with one attached hydrogen (secondary N) is 1. The zero-order chi connectivity index (χ0) is 17.8. The normalized spacial score (nSPS) is 11.9. The first-order chi connectivity index (χ1) is 12.1. The van der Waals surface area contributed by atoms with E-state index in [0.29, 0.717) is 12.0 Å². The molecule has 3 N–H and O–H groups in total. The Labute approximate surface area is 146 Å². The maximum absolute atomic E-state index is 12.7. The highest BCUT2D eigenvalue weighted by Gasteiger charge is 2.21. The average molecular weight is 332 g/mol. The Morgan fingerprint density at radius 2 is 1.64 bits per heavy atom. The van der Waals surface area contributed by atoms with Gasteiger partial charge in [0, 0.05) is 12.0 Å². The number of hydrogen-bond acceptors (Lipinski definition) is 2. The summed E-state index contributed by atoms with van der Waals surface area (Å²) in [5, 5.41) is 4.61. The molecule has 0 radical (unpaired) electrons. The number of benzene rings is 3. The molecule has 1 atom stereocenters. The second-order valence-electron chi connectivity index (χ2n) is 6.09. The molecule has 0 fully saturated rings. The Morgan fingerprint density at radius 3 is 2.40 bits per heavy atom. The number of carbonyl (C=O) groups excluding carboxylic acids is 2.